The van der Waals surface area contributed by atoms with E-state index in [0.29, 0.717) is 11.4 Å². The van der Waals surface area contributed by atoms with Gasteiger partial charge in [0.2, 0.25) is 10.0 Å². The van der Waals surface area contributed by atoms with Crippen LogP contribution in [0.3, 0.4) is 0 Å². The predicted octanol–water partition coefficient (Wildman–Crippen LogP) is 2.99. The van der Waals surface area contributed by atoms with E-state index in [1.54, 1.807) is 37.4 Å². The van der Waals surface area contributed by atoms with Crippen LogP contribution in [0.1, 0.15) is 5.56 Å². The predicted molar refractivity (Wildman–Crippen MR) is 83.4 cm³/mol. The second-order valence-electron chi connectivity index (χ2n) is 4.93. The number of hydrogen-bond donors (Lipinski definition) is 1. The van der Waals surface area contributed by atoms with E-state index in [0.717, 1.165) is 16.5 Å². The molecule has 1 aromatic heterocycles. The molecule has 21 heavy (non-hydrogen) atoms. The number of aromatic amines is 1. The zero-order valence-corrected chi connectivity index (χ0v) is 12.5. The molecule has 0 saturated carbocycles. The monoisotopic (exact) mass is 300 g/mol. The van der Waals surface area contributed by atoms with Crippen molar-refractivity contribution in [1.29, 1.82) is 0 Å². The molecule has 0 aliphatic carbocycles. The van der Waals surface area contributed by atoms with E-state index in [4.69, 9.17) is 0 Å². The highest BCUT2D eigenvalue weighted by atomic mass is 32.2. The van der Waals surface area contributed by atoms with Crippen LogP contribution in [0.15, 0.2) is 65.7 Å². The molecule has 5 heteroatoms. The van der Waals surface area contributed by atoms with Crippen molar-refractivity contribution < 1.29 is 8.42 Å². The third-order valence-corrected chi connectivity index (χ3v) is 5.34. The third kappa shape index (κ3) is 2.57. The highest BCUT2D eigenvalue weighted by Gasteiger charge is 2.21. The van der Waals surface area contributed by atoms with E-state index in [2.05, 4.69) is 4.98 Å². The fourth-order valence-electron chi connectivity index (χ4n) is 2.36. The number of sulfonamides is 1. The maximum absolute atomic E-state index is 12.5. The fourth-order valence-corrected chi connectivity index (χ4v) is 3.53. The van der Waals surface area contributed by atoms with Crippen LogP contribution in [0.4, 0.5) is 0 Å². The zero-order chi connectivity index (χ0) is 14.9. The topological polar surface area (TPSA) is 53.2 Å². The summed E-state index contributed by atoms with van der Waals surface area (Å²) < 4.78 is 26.4. The van der Waals surface area contributed by atoms with Crippen molar-refractivity contribution in [3.63, 3.8) is 0 Å². The normalized spacial score (nSPS) is 12.1. The molecule has 0 aliphatic rings. The van der Waals surface area contributed by atoms with E-state index < -0.39 is 10.0 Å². The van der Waals surface area contributed by atoms with Gasteiger partial charge >= 0.3 is 0 Å². The summed E-state index contributed by atoms with van der Waals surface area (Å²) in [6.07, 6.45) is 1.86. The van der Waals surface area contributed by atoms with E-state index in [9.17, 15) is 8.42 Å². The van der Waals surface area contributed by atoms with Crippen LogP contribution in [0, 0.1) is 0 Å². The Balaban J connectivity index is 1.91. The lowest BCUT2D eigenvalue weighted by molar-refractivity contribution is 0.468. The Morgan fingerprint density at radius 2 is 1.67 bits per heavy atom. The van der Waals surface area contributed by atoms with Crippen molar-refractivity contribution in [2.45, 2.75) is 11.4 Å². The van der Waals surface area contributed by atoms with Crippen molar-refractivity contribution in [3.8, 4) is 0 Å². The molecule has 0 aliphatic heterocycles. The van der Waals surface area contributed by atoms with Crippen LogP contribution in [-0.4, -0.2) is 24.8 Å². The quantitative estimate of drug-likeness (QED) is 0.805. The van der Waals surface area contributed by atoms with Crippen LogP contribution in [0.2, 0.25) is 0 Å². The van der Waals surface area contributed by atoms with Crippen LogP contribution < -0.4 is 0 Å². The lowest BCUT2D eigenvalue weighted by Gasteiger charge is -2.16. The van der Waals surface area contributed by atoms with Gasteiger partial charge in [-0.15, -0.1) is 0 Å². The molecule has 108 valence electrons. The van der Waals surface area contributed by atoms with Gasteiger partial charge in [0.1, 0.15) is 0 Å². The molecule has 0 radical (unpaired) electrons. The van der Waals surface area contributed by atoms with Gasteiger partial charge in [0, 0.05) is 30.7 Å². The van der Waals surface area contributed by atoms with Gasteiger partial charge < -0.3 is 4.98 Å². The number of benzene rings is 2. The van der Waals surface area contributed by atoms with Crippen LogP contribution in [0.5, 0.6) is 0 Å². The van der Waals surface area contributed by atoms with E-state index in [1.165, 1.54) is 4.31 Å². The summed E-state index contributed by atoms with van der Waals surface area (Å²) in [4.78, 5) is 3.48. The molecular weight excluding hydrogens is 284 g/mol. The average molecular weight is 300 g/mol. The van der Waals surface area contributed by atoms with Crippen LogP contribution in [0.25, 0.3) is 10.9 Å². The summed E-state index contributed by atoms with van der Waals surface area (Å²) in [5.41, 5.74) is 1.98. The molecule has 3 aromatic rings. The van der Waals surface area contributed by atoms with Gasteiger partial charge in [-0.1, -0.05) is 36.4 Å². The molecule has 0 atom stereocenters. The first-order valence-corrected chi connectivity index (χ1v) is 8.09. The van der Waals surface area contributed by atoms with Crippen molar-refractivity contribution >= 4 is 20.9 Å². The Kier molecular flexibility index (Phi) is 3.53. The van der Waals surface area contributed by atoms with Gasteiger partial charge in [-0.2, -0.15) is 4.31 Å². The Bertz CT molecular complexity index is 854. The molecule has 1 N–H and O–H groups in total. The number of H-pyrrole nitrogens is 1. The Hall–Kier alpha value is -2.11. The van der Waals surface area contributed by atoms with Gasteiger partial charge in [-0.25, -0.2) is 8.42 Å². The zero-order valence-electron chi connectivity index (χ0n) is 11.7. The minimum absolute atomic E-state index is 0.312. The van der Waals surface area contributed by atoms with Gasteiger partial charge in [0.05, 0.1) is 4.90 Å². The lowest BCUT2D eigenvalue weighted by Crippen LogP contribution is -2.26. The highest BCUT2D eigenvalue weighted by molar-refractivity contribution is 7.89. The summed E-state index contributed by atoms with van der Waals surface area (Å²) in [7, 11) is -1.86. The SMILES string of the molecule is CN(Cc1c[nH]c2ccccc12)S(=O)(=O)c1ccccc1. The van der Waals surface area contributed by atoms with E-state index in [1.807, 2.05) is 30.5 Å². The van der Waals surface area contributed by atoms with Crippen LogP contribution >= 0.6 is 0 Å². The second kappa shape index (κ2) is 5.35. The summed E-state index contributed by atoms with van der Waals surface area (Å²) in [6, 6.07) is 16.4. The van der Waals surface area contributed by atoms with Crippen molar-refractivity contribution in [1.82, 2.24) is 9.29 Å². The lowest BCUT2D eigenvalue weighted by atomic mass is 10.2. The number of para-hydroxylation sites is 1. The molecule has 3 rings (SSSR count). The Morgan fingerprint density at radius 3 is 2.43 bits per heavy atom. The van der Waals surface area contributed by atoms with Gasteiger partial charge in [0.25, 0.3) is 0 Å². The molecule has 0 bridgehead atoms. The molecule has 0 fully saturated rings. The summed E-state index contributed by atoms with van der Waals surface area (Å²) in [5, 5.41) is 1.05. The molecule has 2 aromatic carbocycles. The maximum Gasteiger partial charge on any atom is 0.243 e. The van der Waals surface area contributed by atoms with Crippen LogP contribution in [-0.2, 0) is 16.6 Å². The van der Waals surface area contributed by atoms with E-state index >= 15 is 0 Å². The number of aromatic nitrogens is 1. The molecule has 0 saturated heterocycles. The standard InChI is InChI=1S/C16H16N2O2S/c1-18(21(19,20)14-7-3-2-4-8-14)12-13-11-17-16-10-6-5-9-15(13)16/h2-11,17H,12H2,1H3. The van der Waals surface area contributed by atoms with Crippen molar-refractivity contribution in [3.05, 3.63) is 66.4 Å². The van der Waals surface area contributed by atoms with Gasteiger partial charge in [0.15, 0.2) is 0 Å². The first kappa shape index (κ1) is 13.9. The number of hydrogen-bond acceptors (Lipinski definition) is 2. The molecule has 0 amide bonds. The summed E-state index contributed by atoms with van der Waals surface area (Å²) in [5.74, 6) is 0. The highest BCUT2D eigenvalue weighted by Crippen LogP contribution is 2.22. The number of nitrogens with one attached hydrogen (secondary N) is 1. The largest absolute Gasteiger partial charge is 0.361 e. The Morgan fingerprint density at radius 1 is 1.00 bits per heavy atom. The average Bonchev–Trinajstić information content (AvgIpc) is 2.91. The number of fused-ring (bicyclic) bond motifs is 1. The number of nitrogens with zero attached hydrogens (tertiary/aromatic N) is 1. The van der Waals surface area contributed by atoms with Crippen molar-refractivity contribution in [2.75, 3.05) is 7.05 Å². The molecule has 1 heterocycles. The van der Waals surface area contributed by atoms with Gasteiger partial charge in [-0.05, 0) is 23.8 Å². The minimum atomic E-state index is -3.46. The van der Waals surface area contributed by atoms with Crippen molar-refractivity contribution in [2.24, 2.45) is 0 Å². The Labute approximate surface area is 124 Å². The minimum Gasteiger partial charge on any atom is -0.361 e. The summed E-state index contributed by atoms with van der Waals surface area (Å²) >= 11 is 0. The molecule has 0 spiro atoms. The van der Waals surface area contributed by atoms with Gasteiger partial charge in [-0.3, -0.25) is 0 Å². The number of rotatable bonds is 4. The van der Waals surface area contributed by atoms with E-state index in [-0.39, 0.29) is 0 Å². The second-order valence-corrected chi connectivity index (χ2v) is 6.98. The summed E-state index contributed by atoms with van der Waals surface area (Å²) in [6.45, 7) is 0.335. The maximum atomic E-state index is 12.5. The molecular formula is C16H16N2O2S. The third-order valence-electron chi connectivity index (χ3n) is 3.52. The molecule has 0 unspecified atom stereocenters. The smallest absolute Gasteiger partial charge is 0.243 e. The molecule has 4 nitrogen and oxygen atoms in total. The first-order chi connectivity index (χ1) is 10.1. The fraction of sp³-hybridized carbons (Fsp3) is 0.125. The first-order valence-electron chi connectivity index (χ1n) is 6.65.